The average molecular weight is 251 g/mol. The van der Waals surface area contributed by atoms with Crippen molar-refractivity contribution in [1.29, 1.82) is 0 Å². The van der Waals surface area contributed by atoms with Gasteiger partial charge in [0.25, 0.3) is 0 Å². The maximum absolute atomic E-state index is 11.5. The van der Waals surface area contributed by atoms with E-state index in [4.69, 9.17) is 0 Å². The summed E-state index contributed by atoms with van der Waals surface area (Å²) < 4.78 is 0. The average Bonchev–Trinajstić information content (AvgIpc) is 2.46. The van der Waals surface area contributed by atoms with Crippen LogP contribution >= 0.6 is 0 Å². The second-order valence-electron chi connectivity index (χ2n) is 4.26. The van der Waals surface area contributed by atoms with Crippen molar-refractivity contribution in [3.8, 4) is 11.8 Å². The Labute approximate surface area is 111 Å². The first kappa shape index (κ1) is 12.8. The van der Waals surface area contributed by atoms with Gasteiger partial charge in [0.1, 0.15) is 5.69 Å². The Kier molecular flexibility index (Phi) is 3.63. The SMILES string of the molecule is CC(C#Cc1ccccn1)(C(=O)O)c1ccccc1. The lowest BCUT2D eigenvalue weighted by atomic mass is 9.83. The number of hydrogen-bond donors (Lipinski definition) is 1. The van der Waals surface area contributed by atoms with Gasteiger partial charge in [0, 0.05) is 6.20 Å². The highest BCUT2D eigenvalue weighted by Gasteiger charge is 2.33. The first-order chi connectivity index (χ1) is 9.13. The first-order valence-electron chi connectivity index (χ1n) is 5.86. The number of benzene rings is 1. The summed E-state index contributed by atoms with van der Waals surface area (Å²) in [5.41, 5.74) is -0.0180. The number of rotatable bonds is 2. The van der Waals surface area contributed by atoms with E-state index in [0.717, 1.165) is 0 Å². The van der Waals surface area contributed by atoms with Gasteiger partial charge >= 0.3 is 5.97 Å². The van der Waals surface area contributed by atoms with Gasteiger partial charge in [0.05, 0.1) is 0 Å². The van der Waals surface area contributed by atoms with Crippen LogP contribution < -0.4 is 0 Å². The Bertz CT molecular complexity index is 626. The molecule has 1 unspecified atom stereocenters. The third-order valence-corrected chi connectivity index (χ3v) is 2.88. The highest BCUT2D eigenvalue weighted by molar-refractivity contribution is 5.85. The Morgan fingerprint density at radius 3 is 2.42 bits per heavy atom. The van der Waals surface area contributed by atoms with Crippen LogP contribution in [0.4, 0.5) is 0 Å². The van der Waals surface area contributed by atoms with E-state index in [0.29, 0.717) is 11.3 Å². The minimum atomic E-state index is -1.24. The largest absolute Gasteiger partial charge is 0.480 e. The summed E-state index contributed by atoms with van der Waals surface area (Å²) in [6.45, 7) is 1.60. The van der Waals surface area contributed by atoms with E-state index in [1.54, 1.807) is 49.5 Å². The molecule has 0 aliphatic rings. The van der Waals surface area contributed by atoms with Crippen LogP contribution in [0.25, 0.3) is 0 Å². The summed E-state index contributed by atoms with van der Waals surface area (Å²) >= 11 is 0. The van der Waals surface area contributed by atoms with Gasteiger partial charge in [-0.05, 0) is 30.5 Å². The van der Waals surface area contributed by atoms with Gasteiger partial charge in [-0.15, -0.1) is 0 Å². The van der Waals surface area contributed by atoms with Crippen LogP contribution in [0, 0.1) is 11.8 Å². The van der Waals surface area contributed by atoms with Crippen molar-refractivity contribution >= 4 is 5.97 Å². The summed E-state index contributed by atoms with van der Waals surface area (Å²) in [6.07, 6.45) is 1.63. The molecular weight excluding hydrogens is 238 g/mol. The number of nitrogens with zero attached hydrogens (tertiary/aromatic N) is 1. The van der Waals surface area contributed by atoms with Crippen LogP contribution in [0.1, 0.15) is 18.2 Å². The van der Waals surface area contributed by atoms with Gasteiger partial charge in [-0.3, -0.25) is 4.79 Å². The standard InChI is InChI=1S/C16H13NO2/c1-16(15(18)19,13-7-3-2-4-8-13)11-10-14-9-5-6-12-17-14/h2-9,12H,1H3,(H,18,19). The topological polar surface area (TPSA) is 50.2 Å². The molecule has 2 aromatic rings. The molecule has 0 spiro atoms. The maximum atomic E-state index is 11.5. The summed E-state index contributed by atoms with van der Waals surface area (Å²) in [7, 11) is 0. The van der Waals surface area contributed by atoms with E-state index in [-0.39, 0.29) is 0 Å². The molecule has 0 aliphatic heterocycles. The van der Waals surface area contributed by atoms with Gasteiger partial charge in [-0.1, -0.05) is 42.3 Å². The number of carboxylic acid groups (broad SMARTS) is 1. The zero-order valence-corrected chi connectivity index (χ0v) is 10.5. The molecule has 0 fully saturated rings. The van der Waals surface area contributed by atoms with Crippen molar-refractivity contribution in [2.24, 2.45) is 0 Å². The van der Waals surface area contributed by atoms with Crippen LogP contribution in [-0.4, -0.2) is 16.1 Å². The molecule has 0 radical (unpaired) electrons. The predicted molar refractivity (Wildman–Crippen MR) is 72.5 cm³/mol. The zero-order chi connectivity index (χ0) is 13.7. The molecule has 1 aromatic carbocycles. The first-order valence-corrected chi connectivity index (χ1v) is 5.86. The van der Waals surface area contributed by atoms with Crippen LogP contribution in [0.3, 0.4) is 0 Å². The van der Waals surface area contributed by atoms with Crippen LogP contribution in [0.5, 0.6) is 0 Å². The predicted octanol–water partition coefficient (Wildman–Crippen LogP) is 2.48. The van der Waals surface area contributed by atoms with Crippen molar-refractivity contribution < 1.29 is 9.90 Å². The van der Waals surface area contributed by atoms with Crippen LogP contribution in [-0.2, 0) is 10.2 Å². The zero-order valence-electron chi connectivity index (χ0n) is 10.5. The van der Waals surface area contributed by atoms with E-state index in [9.17, 15) is 9.90 Å². The molecule has 1 N–H and O–H groups in total. The van der Waals surface area contributed by atoms with E-state index in [2.05, 4.69) is 16.8 Å². The molecule has 19 heavy (non-hydrogen) atoms. The summed E-state index contributed by atoms with van der Waals surface area (Å²) in [6, 6.07) is 14.3. The van der Waals surface area contributed by atoms with Crippen molar-refractivity contribution in [3.63, 3.8) is 0 Å². The second kappa shape index (κ2) is 5.36. The highest BCUT2D eigenvalue weighted by atomic mass is 16.4. The number of aliphatic carboxylic acids is 1. The Morgan fingerprint density at radius 1 is 1.16 bits per heavy atom. The molecule has 2 rings (SSSR count). The van der Waals surface area contributed by atoms with Gasteiger partial charge in [-0.25, -0.2) is 4.98 Å². The minimum Gasteiger partial charge on any atom is -0.480 e. The summed E-state index contributed by atoms with van der Waals surface area (Å²) in [4.78, 5) is 15.6. The van der Waals surface area contributed by atoms with E-state index >= 15 is 0 Å². The van der Waals surface area contributed by atoms with Gasteiger partial charge < -0.3 is 5.11 Å². The molecule has 3 heteroatoms. The van der Waals surface area contributed by atoms with Gasteiger partial charge in [0.15, 0.2) is 5.41 Å². The molecule has 0 amide bonds. The van der Waals surface area contributed by atoms with Gasteiger partial charge in [0.2, 0.25) is 0 Å². The lowest BCUT2D eigenvalue weighted by Crippen LogP contribution is -2.30. The van der Waals surface area contributed by atoms with Crippen LogP contribution in [0.2, 0.25) is 0 Å². The third kappa shape index (κ3) is 2.80. The fraction of sp³-hybridized carbons (Fsp3) is 0.125. The minimum absolute atomic E-state index is 0.561. The third-order valence-electron chi connectivity index (χ3n) is 2.88. The Hall–Kier alpha value is -2.60. The Balaban J connectivity index is 2.43. The number of hydrogen-bond acceptors (Lipinski definition) is 2. The number of carbonyl (C=O) groups is 1. The molecule has 1 heterocycles. The lowest BCUT2D eigenvalue weighted by molar-refractivity contribution is -0.140. The van der Waals surface area contributed by atoms with Crippen molar-refractivity contribution in [2.75, 3.05) is 0 Å². The smallest absolute Gasteiger partial charge is 0.326 e. The molecular formula is C16H13NO2. The van der Waals surface area contributed by atoms with E-state index < -0.39 is 11.4 Å². The van der Waals surface area contributed by atoms with Crippen molar-refractivity contribution in [2.45, 2.75) is 12.3 Å². The molecule has 0 saturated carbocycles. The lowest BCUT2D eigenvalue weighted by Gasteiger charge is -2.18. The molecule has 94 valence electrons. The quantitative estimate of drug-likeness (QED) is 0.834. The molecule has 0 saturated heterocycles. The van der Waals surface area contributed by atoms with E-state index in [1.807, 2.05) is 12.1 Å². The van der Waals surface area contributed by atoms with E-state index in [1.165, 1.54) is 0 Å². The maximum Gasteiger partial charge on any atom is 0.326 e. The molecule has 1 aromatic heterocycles. The number of pyridine rings is 1. The van der Waals surface area contributed by atoms with Gasteiger partial charge in [-0.2, -0.15) is 0 Å². The summed E-state index contributed by atoms with van der Waals surface area (Å²) in [5.74, 6) is 4.67. The molecule has 3 nitrogen and oxygen atoms in total. The normalized spacial score (nSPS) is 12.9. The Morgan fingerprint density at radius 2 is 1.84 bits per heavy atom. The fourth-order valence-electron chi connectivity index (χ4n) is 1.65. The van der Waals surface area contributed by atoms with Crippen molar-refractivity contribution in [3.05, 3.63) is 66.0 Å². The number of aromatic nitrogens is 1. The molecule has 0 bridgehead atoms. The van der Waals surface area contributed by atoms with Crippen LogP contribution in [0.15, 0.2) is 54.7 Å². The molecule has 1 atom stereocenters. The molecule has 0 aliphatic carbocycles. The highest BCUT2D eigenvalue weighted by Crippen LogP contribution is 2.23. The second-order valence-corrected chi connectivity index (χ2v) is 4.26. The fourth-order valence-corrected chi connectivity index (χ4v) is 1.65. The summed E-state index contributed by atoms with van der Waals surface area (Å²) in [5, 5.41) is 9.44. The number of carboxylic acids is 1. The monoisotopic (exact) mass is 251 g/mol. The van der Waals surface area contributed by atoms with Crippen molar-refractivity contribution in [1.82, 2.24) is 4.98 Å².